The number of nitrogens with zero attached hydrogens (tertiary/aromatic N) is 4. The zero-order valence-corrected chi connectivity index (χ0v) is 15.5. The number of ether oxygens (including phenoxy) is 1. The molecule has 0 unspecified atom stereocenters. The zero-order chi connectivity index (χ0) is 17.9. The zero-order valence-electron chi connectivity index (χ0n) is 15.5. The maximum absolute atomic E-state index is 12.6. The summed E-state index contributed by atoms with van der Waals surface area (Å²) in [6.07, 6.45) is 3.33. The molecule has 2 aromatic rings. The highest BCUT2D eigenvalue weighted by Crippen LogP contribution is 2.27. The lowest BCUT2D eigenvalue weighted by Crippen LogP contribution is -2.37. The molecule has 0 saturated carbocycles. The molecule has 0 radical (unpaired) electrons. The molecule has 26 heavy (non-hydrogen) atoms. The number of benzene rings is 1. The Labute approximate surface area is 154 Å². The Morgan fingerprint density at radius 3 is 2.62 bits per heavy atom. The largest absolute Gasteiger partial charge is 0.381 e. The van der Waals surface area contributed by atoms with Crippen LogP contribution in [0.3, 0.4) is 0 Å². The summed E-state index contributed by atoms with van der Waals surface area (Å²) in [6, 6.07) is 10.2. The van der Waals surface area contributed by atoms with E-state index in [1.54, 1.807) is 7.05 Å². The number of piperidine rings is 1. The van der Waals surface area contributed by atoms with Gasteiger partial charge in [-0.2, -0.15) is 5.10 Å². The molecule has 0 aliphatic carbocycles. The molecule has 0 N–H and O–H groups in total. The van der Waals surface area contributed by atoms with E-state index < -0.39 is 0 Å². The first-order valence-corrected chi connectivity index (χ1v) is 9.68. The highest BCUT2D eigenvalue weighted by atomic mass is 16.5. The molecule has 140 valence electrons. The van der Waals surface area contributed by atoms with Gasteiger partial charge in [0.2, 0.25) is 0 Å². The van der Waals surface area contributed by atoms with E-state index in [-0.39, 0.29) is 5.69 Å². The maximum atomic E-state index is 12.6. The van der Waals surface area contributed by atoms with Gasteiger partial charge in [-0.15, -0.1) is 0 Å². The van der Waals surface area contributed by atoms with Crippen molar-refractivity contribution in [2.24, 2.45) is 13.0 Å². The topological polar surface area (TPSA) is 52.3 Å². The van der Waals surface area contributed by atoms with E-state index in [0.717, 1.165) is 57.1 Å². The van der Waals surface area contributed by atoms with Crippen LogP contribution in [0.15, 0.2) is 35.1 Å². The van der Waals surface area contributed by atoms with Crippen LogP contribution in [0.25, 0.3) is 0 Å². The third kappa shape index (κ3) is 3.76. The van der Waals surface area contributed by atoms with E-state index >= 15 is 0 Å². The molecule has 0 amide bonds. The monoisotopic (exact) mass is 356 g/mol. The summed E-state index contributed by atoms with van der Waals surface area (Å²) in [4.78, 5) is 15.1. The Hall–Kier alpha value is -1.92. The first-order chi connectivity index (χ1) is 12.7. The van der Waals surface area contributed by atoms with Gasteiger partial charge >= 0.3 is 5.69 Å². The van der Waals surface area contributed by atoms with Crippen LogP contribution in [-0.4, -0.2) is 52.1 Å². The summed E-state index contributed by atoms with van der Waals surface area (Å²) in [5.41, 5.74) is 1.12. The molecule has 1 aromatic heterocycles. The average Bonchev–Trinajstić information content (AvgIpc) is 3.27. The summed E-state index contributed by atoms with van der Waals surface area (Å²) < 4.78 is 8.85. The molecule has 4 rings (SSSR count). The van der Waals surface area contributed by atoms with Crippen molar-refractivity contribution in [1.82, 2.24) is 19.2 Å². The van der Waals surface area contributed by atoms with E-state index in [0.29, 0.717) is 18.4 Å². The Balaban J connectivity index is 1.45. The lowest BCUT2D eigenvalue weighted by molar-refractivity contribution is 0.150. The van der Waals surface area contributed by atoms with Crippen LogP contribution < -0.4 is 5.69 Å². The van der Waals surface area contributed by atoms with Gasteiger partial charge in [0.1, 0.15) is 5.82 Å². The predicted molar refractivity (Wildman–Crippen MR) is 100 cm³/mol. The van der Waals surface area contributed by atoms with Crippen molar-refractivity contribution in [3.8, 4) is 0 Å². The van der Waals surface area contributed by atoms with E-state index in [4.69, 9.17) is 4.74 Å². The minimum Gasteiger partial charge on any atom is -0.381 e. The summed E-state index contributed by atoms with van der Waals surface area (Å²) in [6.45, 7) is 5.74. The smallest absolute Gasteiger partial charge is 0.345 e. The van der Waals surface area contributed by atoms with Crippen molar-refractivity contribution in [3.63, 3.8) is 0 Å². The fraction of sp³-hybridized carbons (Fsp3) is 0.600. The van der Waals surface area contributed by atoms with Crippen molar-refractivity contribution < 1.29 is 4.74 Å². The van der Waals surface area contributed by atoms with Gasteiger partial charge in [-0.1, -0.05) is 30.3 Å². The Kier molecular flexibility index (Phi) is 5.22. The fourth-order valence-electron chi connectivity index (χ4n) is 4.21. The summed E-state index contributed by atoms with van der Waals surface area (Å²) in [5, 5.41) is 4.59. The van der Waals surface area contributed by atoms with Gasteiger partial charge in [-0.3, -0.25) is 4.57 Å². The molecule has 0 spiro atoms. The normalized spacial score (nSPS) is 22.1. The second-order valence-electron chi connectivity index (χ2n) is 7.64. The second-order valence-corrected chi connectivity index (χ2v) is 7.64. The number of aryl methyl sites for hydroxylation is 1. The van der Waals surface area contributed by atoms with Crippen molar-refractivity contribution in [3.05, 3.63) is 52.2 Å². The van der Waals surface area contributed by atoms with Gasteiger partial charge in [0, 0.05) is 26.1 Å². The molecule has 1 aromatic carbocycles. The van der Waals surface area contributed by atoms with Crippen molar-refractivity contribution in [1.29, 1.82) is 0 Å². The lowest BCUT2D eigenvalue weighted by atomic mass is 9.95. The third-order valence-corrected chi connectivity index (χ3v) is 5.71. The Morgan fingerprint density at radius 2 is 1.92 bits per heavy atom. The SMILES string of the molecule is Cn1nc(C2CCN(C[C@@H]3CCOC3)CC2)n(Cc2ccccc2)c1=O. The number of rotatable bonds is 5. The van der Waals surface area contributed by atoms with Crippen molar-refractivity contribution >= 4 is 0 Å². The minimum atomic E-state index is -0.0191. The van der Waals surface area contributed by atoms with Gasteiger partial charge in [0.15, 0.2) is 0 Å². The van der Waals surface area contributed by atoms with E-state index in [2.05, 4.69) is 22.1 Å². The predicted octanol–water partition coefficient (Wildman–Crippen LogP) is 1.85. The minimum absolute atomic E-state index is 0.0191. The van der Waals surface area contributed by atoms with Crippen LogP contribution in [0.1, 0.15) is 36.6 Å². The molecule has 2 saturated heterocycles. The van der Waals surface area contributed by atoms with Crippen molar-refractivity contribution in [2.45, 2.75) is 31.7 Å². The van der Waals surface area contributed by atoms with E-state index in [9.17, 15) is 4.79 Å². The van der Waals surface area contributed by atoms with Gasteiger partial charge in [-0.05, 0) is 43.8 Å². The highest BCUT2D eigenvalue weighted by Gasteiger charge is 2.28. The Morgan fingerprint density at radius 1 is 1.15 bits per heavy atom. The molecule has 3 heterocycles. The van der Waals surface area contributed by atoms with Gasteiger partial charge in [-0.25, -0.2) is 9.48 Å². The number of aromatic nitrogens is 3. The maximum Gasteiger partial charge on any atom is 0.345 e. The number of likely N-dealkylation sites (tertiary alicyclic amines) is 1. The quantitative estimate of drug-likeness (QED) is 0.820. The van der Waals surface area contributed by atoms with Gasteiger partial charge < -0.3 is 9.64 Å². The second kappa shape index (κ2) is 7.76. The highest BCUT2D eigenvalue weighted by molar-refractivity contribution is 5.16. The van der Waals surface area contributed by atoms with Crippen LogP contribution in [0, 0.1) is 5.92 Å². The molecule has 1 atom stereocenters. The summed E-state index contributed by atoms with van der Waals surface area (Å²) in [7, 11) is 1.75. The van der Waals surface area contributed by atoms with Crippen molar-refractivity contribution in [2.75, 3.05) is 32.8 Å². The Bertz CT molecular complexity index is 769. The van der Waals surface area contributed by atoms with Crippen LogP contribution in [-0.2, 0) is 18.3 Å². The molecule has 2 fully saturated rings. The molecule has 6 nitrogen and oxygen atoms in total. The van der Waals surface area contributed by atoms with Crippen LogP contribution >= 0.6 is 0 Å². The van der Waals surface area contributed by atoms with E-state index in [1.165, 1.54) is 11.1 Å². The van der Waals surface area contributed by atoms with Gasteiger partial charge in [0.25, 0.3) is 0 Å². The number of hydrogen-bond donors (Lipinski definition) is 0. The first kappa shape index (κ1) is 17.5. The van der Waals surface area contributed by atoms with Crippen LogP contribution in [0.4, 0.5) is 0 Å². The lowest BCUT2D eigenvalue weighted by Gasteiger charge is -2.32. The molecular weight excluding hydrogens is 328 g/mol. The number of hydrogen-bond acceptors (Lipinski definition) is 4. The van der Waals surface area contributed by atoms with Crippen LogP contribution in [0.5, 0.6) is 0 Å². The molecule has 6 heteroatoms. The van der Waals surface area contributed by atoms with Gasteiger partial charge in [0.05, 0.1) is 13.2 Å². The standard InChI is InChI=1S/C20H28N4O2/c1-22-20(25)24(14-16-5-3-2-4-6-16)19(21-22)18-7-10-23(11-8-18)13-17-9-12-26-15-17/h2-6,17-18H,7-15H2,1H3/t17-/m0/s1. The summed E-state index contributed by atoms with van der Waals surface area (Å²) in [5.74, 6) is 2.01. The third-order valence-electron chi connectivity index (χ3n) is 5.71. The van der Waals surface area contributed by atoms with E-state index in [1.807, 2.05) is 22.8 Å². The molecule has 0 bridgehead atoms. The molecule has 2 aliphatic heterocycles. The first-order valence-electron chi connectivity index (χ1n) is 9.68. The molecule has 2 aliphatic rings. The fourth-order valence-corrected chi connectivity index (χ4v) is 4.21. The summed E-state index contributed by atoms with van der Waals surface area (Å²) >= 11 is 0. The average molecular weight is 356 g/mol. The van der Waals surface area contributed by atoms with Crippen LogP contribution in [0.2, 0.25) is 0 Å². The molecular formula is C20H28N4O2.